The molecule has 7 heteroatoms. The van der Waals surface area contributed by atoms with E-state index in [-0.39, 0.29) is 5.78 Å². The number of hydrogen-bond donors (Lipinski definition) is 0. The minimum atomic E-state index is 0.176. The number of carbonyl (C=O) groups is 1. The first kappa shape index (κ1) is 17.6. The largest absolute Gasteiger partial charge is 0.296 e. The lowest BCUT2D eigenvalue weighted by atomic mass is 9.93. The van der Waals surface area contributed by atoms with E-state index in [0.717, 1.165) is 47.3 Å². The van der Waals surface area contributed by atoms with Crippen molar-refractivity contribution < 1.29 is 4.79 Å². The van der Waals surface area contributed by atoms with Crippen molar-refractivity contribution >= 4 is 39.0 Å². The predicted molar refractivity (Wildman–Crippen MR) is 105 cm³/mol. The Hall–Kier alpha value is -1.76. The van der Waals surface area contributed by atoms with Crippen molar-refractivity contribution in [2.24, 2.45) is 0 Å². The van der Waals surface area contributed by atoms with Crippen molar-refractivity contribution in [1.29, 1.82) is 0 Å². The van der Waals surface area contributed by atoms with Gasteiger partial charge in [-0.15, -0.1) is 0 Å². The molecule has 1 aliphatic heterocycles. The van der Waals surface area contributed by atoms with Gasteiger partial charge in [-0.1, -0.05) is 41.9 Å². The van der Waals surface area contributed by atoms with Crippen molar-refractivity contribution in [1.82, 2.24) is 19.5 Å². The van der Waals surface area contributed by atoms with Gasteiger partial charge in [0.25, 0.3) is 0 Å². The first-order valence-corrected chi connectivity index (χ1v) is 9.79. The third kappa shape index (κ3) is 3.54. The summed E-state index contributed by atoms with van der Waals surface area (Å²) in [6.45, 7) is 2.24. The SMILES string of the molecule is O=C(CN1CCC(c2cc(Cl)n3ncc(Br)c3n2)CC1)c1ccccc1. The number of halogens is 2. The van der Waals surface area contributed by atoms with Gasteiger partial charge in [-0.05, 0) is 47.9 Å². The van der Waals surface area contributed by atoms with Crippen LogP contribution in [0.25, 0.3) is 5.65 Å². The van der Waals surface area contributed by atoms with Crippen LogP contribution in [0.15, 0.2) is 47.1 Å². The number of ketones is 1. The van der Waals surface area contributed by atoms with Crippen LogP contribution in [0.4, 0.5) is 0 Å². The van der Waals surface area contributed by atoms with Gasteiger partial charge in [0.05, 0.1) is 17.2 Å². The lowest BCUT2D eigenvalue weighted by Crippen LogP contribution is -2.37. The first-order chi connectivity index (χ1) is 12.6. The molecule has 0 amide bonds. The van der Waals surface area contributed by atoms with Crippen LogP contribution in [0.5, 0.6) is 0 Å². The minimum Gasteiger partial charge on any atom is -0.296 e. The average Bonchev–Trinajstić information content (AvgIpc) is 3.05. The van der Waals surface area contributed by atoms with Crippen molar-refractivity contribution in [2.75, 3.05) is 19.6 Å². The maximum atomic E-state index is 12.4. The normalized spacial score (nSPS) is 16.2. The zero-order valence-electron chi connectivity index (χ0n) is 14.1. The number of fused-ring (bicyclic) bond motifs is 1. The number of nitrogens with zero attached hydrogens (tertiary/aromatic N) is 4. The van der Waals surface area contributed by atoms with E-state index in [4.69, 9.17) is 16.6 Å². The number of Topliss-reactive ketones (excluding diaryl/α,β-unsaturated/α-hetero) is 1. The highest BCUT2D eigenvalue weighted by molar-refractivity contribution is 9.10. The van der Waals surface area contributed by atoms with Gasteiger partial charge < -0.3 is 0 Å². The molecule has 1 fully saturated rings. The standard InChI is InChI=1S/C19H18BrClN4O/c20-15-11-22-25-18(21)10-16(23-19(15)25)13-6-8-24(9-7-13)12-17(26)14-4-2-1-3-5-14/h1-5,10-11,13H,6-9,12H2. The number of benzene rings is 1. The van der Waals surface area contributed by atoms with Gasteiger partial charge in [-0.3, -0.25) is 9.69 Å². The Labute approximate surface area is 165 Å². The molecule has 5 nitrogen and oxygen atoms in total. The lowest BCUT2D eigenvalue weighted by molar-refractivity contribution is 0.0909. The summed E-state index contributed by atoms with van der Waals surface area (Å²) in [6, 6.07) is 11.4. The Morgan fingerprint density at radius 3 is 2.69 bits per heavy atom. The fourth-order valence-electron chi connectivity index (χ4n) is 3.43. The summed E-state index contributed by atoms with van der Waals surface area (Å²) < 4.78 is 2.47. The van der Waals surface area contributed by atoms with E-state index in [9.17, 15) is 4.79 Å². The van der Waals surface area contributed by atoms with E-state index >= 15 is 0 Å². The molecule has 3 aromatic rings. The molecule has 1 saturated heterocycles. The Bertz CT molecular complexity index is 935. The van der Waals surface area contributed by atoms with Crippen molar-refractivity contribution in [2.45, 2.75) is 18.8 Å². The van der Waals surface area contributed by atoms with E-state index in [1.807, 2.05) is 36.4 Å². The number of likely N-dealkylation sites (tertiary alicyclic amines) is 1. The van der Waals surface area contributed by atoms with E-state index in [1.54, 1.807) is 10.7 Å². The fourth-order valence-corrected chi connectivity index (χ4v) is 4.01. The smallest absolute Gasteiger partial charge is 0.176 e. The highest BCUT2D eigenvalue weighted by atomic mass is 79.9. The molecule has 0 atom stereocenters. The Morgan fingerprint density at radius 1 is 1.23 bits per heavy atom. The molecular formula is C19H18BrClN4O. The number of carbonyl (C=O) groups excluding carboxylic acids is 1. The van der Waals surface area contributed by atoms with Gasteiger partial charge in [0.1, 0.15) is 5.15 Å². The monoisotopic (exact) mass is 432 g/mol. The van der Waals surface area contributed by atoms with Gasteiger partial charge in [-0.25, -0.2) is 9.50 Å². The maximum absolute atomic E-state index is 12.4. The molecule has 3 heterocycles. The third-order valence-corrected chi connectivity index (χ3v) is 5.70. The van der Waals surface area contributed by atoms with Crippen molar-refractivity contribution in [3.05, 3.63) is 63.5 Å². The third-order valence-electron chi connectivity index (χ3n) is 4.87. The summed E-state index contributed by atoms with van der Waals surface area (Å²) in [7, 11) is 0. The summed E-state index contributed by atoms with van der Waals surface area (Å²) in [6.07, 6.45) is 3.64. The second-order valence-corrected chi connectivity index (χ2v) is 7.81. The molecule has 4 rings (SSSR count). The molecule has 0 spiro atoms. The zero-order chi connectivity index (χ0) is 18.1. The number of piperidine rings is 1. The molecule has 0 saturated carbocycles. The average molecular weight is 434 g/mol. The fraction of sp³-hybridized carbons (Fsp3) is 0.316. The molecule has 0 aliphatic carbocycles. The molecule has 1 aromatic carbocycles. The number of rotatable bonds is 4. The molecule has 26 heavy (non-hydrogen) atoms. The van der Waals surface area contributed by atoms with Crippen LogP contribution in [-0.2, 0) is 0 Å². The highest BCUT2D eigenvalue weighted by Crippen LogP contribution is 2.30. The first-order valence-electron chi connectivity index (χ1n) is 8.62. The number of aromatic nitrogens is 3. The zero-order valence-corrected chi connectivity index (χ0v) is 16.4. The number of hydrogen-bond acceptors (Lipinski definition) is 4. The van der Waals surface area contributed by atoms with Gasteiger partial charge in [-0.2, -0.15) is 5.10 Å². The quantitative estimate of drug-likeness (QED) is 0.457. The summed E-state index contributed by atoms with van der Waals surface area (Å²) in [5.41, 5.74) is 2.52. The molecule has 134 valence electrons. The van der Waals surface area contributed by atoms with Crippen LogP contribution in [0, 0.1) is 0 Å². The molecular weight excluding hydrogens is 416 g/mol. The van der Waals surface area contributed by atoms with Crippen molar-refractivity contribution in [3.8, 4) is 0 Å². The summed E-state index contributed by atoms with van der Waals surface area (Å²) in [5.74, 6) is 0.525. The second kappa shape index (κ2) is 7.47. The Kier molecular flexibility index (Phi) is 5.07. The van der Waals surface area contributed by atoms with Crippen molar-refractivity contribution in [3.63, 3.8) is 0 Å². The summed E-state index contributed by atoms with van der Waals surface area (Å²) in [4.78, 5) is 19.3. The van der Waals surface area contributed by atoms with Crippen LogP contribution in [-0.4, -0.2) is 44.9 Å². The van der Waals surface area contributed by atoms with Gasteiger partial charge >= 0.3 is 0 Å². The van der Waals surface area contributed by atoms with Crippen LogP contribution >= 0.6 is 27.5 Å². The molecule has 0 N–H and O–H groups in total. The maximum Gasteiger partial charge on any atom is 0.176 e. The van der Waals surface area contributed by atoms with Crippen LogP contribution in [0.3, 0.4) is 0 Å². The molecule has 2 aromatic heterocycles. The van der Waals surface area contributed by atoms with Crippen LogP contribution < -0.4 is 0 Å². The van der Waals surface area contributed by atoms with E-state index in [2.05, 4.69) is 25.9 Å². The topological polar surface area (TPSA) is 50.5 Å². The predicted octanol–water partition coefficient (Wildman–Crippen LogP) is 4.21. The summed E-state index contributed by atoms with van der Waals surface area (Å²) >= 11 is 9.81. The van der Waals surface area contributed by atoms with Gasteiger partial charge in [0, 0.05) is 17.2 Å². The highest BCUT2D eigenvalue weighted by Gasteiger charge is 2.24. The minimum absolute atomic E-state index is 0.176. The van der Waals surface area contributed by atoms with E-state index in [1.165, 1.54) is 0 Å². The Balaban J connectivity index is 1.42. The van der Waals surface area contributed by atoms with Crippen LogP contribution in [0.1, 0.15) is 34.8 Å². The van der Waals surface area contributed by atoms with E-state index < -0.39 is 0 Å². The van der Waals surface area contributed by atoms with E-state index in [0.29, 0.717) is 17.6 Å². The molecule has 0 unspecified atom stereocenters. The van der Waals surface area contributed by atoms with Crippen LogP contribution in [0.2, 0.25) is 5.15 Å². The molecule has 1 aliphatic rings. The Morgan fingerprint density at radius 2 is 1.96 bits per heavy atom. The lowest BCUT2D eigenvalue weighted by Gasteiger charge is -2.31. The molecule has 0 radical (unpaired) electrons. The summed E-state index contributed by atoms with van der Waals surface area (Å²) in [5, 5.41) is 4.77. The van der Waals surface area contributed by atoms with Gasteiger partial charge in [0.15, 0.2) is 11.4 Å². The second-order valence-electron chi connectivity index (χ2n) is 6.57. The van der Waals surface area contributed by atoms with Gasteiger partial charge in [0.2, 0.25) is 0 Å². The molecule has 0 bridgehead atoms.